The van der Waals surface area contributed by atoms with Crippen molar-refractivity contribution in [2.75, 3.05) is 39.5 Å². The first-order valence-electron chi connectivity index (χ1n) is 15.2. The lowest BCUT2D eigenvalue weighted by atomic mass is 10.1. The average Bonchev–Trinajstić information content (AvgIpc) is 2.90. The van der Waals surface area contributed by atoms with E-state index < -0.39 is 12.6 Å². The number of carbonyl (C=O) groups is 1. The summed E-state index contributed by atoms with van der Waals surface area (Å²) in [5, 5.41) is 28.7. The van der Waals surface area contributed by atoms with Gasteiger partial charge < -0.3 is 29.8 Å². The number of carbonyl (C=O) groups excluding carboxylic acids is 1. The van der Waals surface area contributed by atoms with Crippen molar-refractivity contribution in [1.29, 1.82) is 0 Å². The van der Waals surface area contributed by atoms with Crippen molar-refractivity contribution < 1.29 is 29.8 Å². The zero-order valence-electron chi connectivity index (χ0n) is 24.7. The summed E-state index contributed by atoms with van der Waals surface area (Å²) in [4.78, 5) is 11.4. The second-order valence-corrected chi connectivity index (χ2v) is 10.7. The molecule has 6 nitrogen and oxygen atoms in total. The molecular weight excluding hydrogens is 514 g/mol. The van der Waals surface area contributed by atoms with Crippen LogP contribution in [0.15, 0.2) is 30.4 Å². The molecule has 7 heteroatoms. The van der Waals surface area contributed by atoms with Gasteiger partial charge in [-0.15, -0.1) is 0 Å². The number of aryl methyl sites for hydroxylation is 1. The van der Waals surface area contributed by atoms with Crippen LogP contribution in [-0.4, -0.2) is 55.6 Å². The number of carboxylic acid groups (broad SMARTS) is 1. The molecule has 226 valence electrons. The van der Waals surface area contributed by atoms with Crippen LogP contribution in [0.3, 0.4) is 0 Å². The number of carboxylic acids is 1. The molecule has 0 heterocycles. The van der Waals surface area contributed by atoms with Crippen LogP contribution in [0.5, 0.6) is 5.75 Å². The van der Waals surface area contributed by atoms with Crippen molar-refractivity contribution >= 4 is 17.6 Å². The van der Waals surface area contributed by atoms with Crippen molar-refractivity contribution in [3.63, 3.8) is 0 Å². The van der Waals surface area contributed by atoms with Crippen LogP contribution in [0.4, 0.5) is 0 Å². The van der Waals surface area contributed by atoms with Gasteiger partial charge in [0.25, 0.3) is 0 Å². The second-order valence-electron chi connectivity index (χ2n) is 10.3. The third-order valence-electron chi connectivity index (χ3n) is 6.71. The van der Waals surface area contributed by atoms with Gasteiger partial charge in [0, 0.05) is 5.02 Å². The van der Waals surface area contributed by atoms with Crippen LogP contribution in [0.25, 0.3) is 0 Å². The Labute approximate surface area is 243 Å². The minimum atomic E-state index is -1.24. The predicted molar refractivity (Wildman–Crippen MR) is 160 cm³/mol. The van der Waals surface area contributed by atoms with E-state index in [-0.39, 0.29) is 13.2 Å². The van der Waals surface area contributed by atoms with Gasteiger partial charge in [-0.1, -0.05) is 88.5 Å². The number of aliphatic carboxylic acids is 1. The van der Waals surface area contributed by atoms with Crippen LogP contribution < -0.4 is 14.7 Å². The summed E-state index contributed by atoms with van der Waals surface area (Å²) in [5.41, 5.74) is 0.800. The van der Waals surface area contributed by atoms with E-state index in [4.69, 9.17) is 26.6 Å². The molecule has 0 bridgehead atoms. The van der Waals surface area contributed by atoms with Crippen molar-refractivity contribution in [2.45, 2.75) is 110 Å². The van der Waals surface area contributed by atoms with E-state index in [0.29, 0.717) is 10.8 Å². The van der Waals surface area contributed by atoms with Gasteiger partial charge in [-0.25, -0.2) is 0 Å². The molecule has 0 radical (unpaired) electrons. The molecule has 0 aliphatic rings. The number of benzene rings is 1. The van der Waals surface area contributed by atoms with Crippen LogP contribution in [0.2, 0.25) is 5.02 Å². The summed E-state index contributed by atoms with van der Waals surface area (Å²) in [6.45, 7) is 6.70. The maximum atomic E-state index is 10.1. The number of allylic oxidation sites excluding steroid dienone is 2. The fraction of sp³-hybridized carbons (Fsp3) is 0.719. The molecule has 0 spiro atoms. The van der Waals surface area contributed by atoms with E-state index in [2.05, 4.69) is 19.1 Å². The Kier molecular flexibility index (Phi) is 26.8. The van der Waals surface area contributed by atoms with Gasteiger partial charge in [0.1, 0.15) is 25.4 Å². The Morgan fingerprint density at radius 1 is 0.846 bits per heavy atom. The molecule has 39 heavy (non-hydrogen) atoms. The highest BCUT2D eigenvalue weighted by atomic mass is 35.5. The number of quaternary nitrogens is 1. The lowest BCUT2D eigenvalue weighted by Crippen LogP contribution is -3.13. The summed E-state index contributed by atoms with van der Waals surface area (Å²) >= 11 is 5.70. The molecule has 0 aliphatic carbocycles. The first kappa shape index (κ1) is 37.4. The summed E-state index contributed by atoms with van der Waals surface area (Å²) in [5.74, 6) is -0.733. The van der Waals surface area contributed by atoms with Crippen molar-refractivity contribution in [3.8, 4) is 5.75 Å². The highest BCUT2D eigenvalue weighted by Crippen LogP contribution is 2.21. The van der Waals surface area contributed by atoms with Crippen LogP contribution >= 0.6 is 11.6 Å². The van der Waals surface area contributed by atoms with Crippen molar-refractivity contribution in [2.24, 2.45) is 0 Å². The summed E-state index contributed by atoms with van der Waals surface area (Å²) in [6.07, 6.45) is 25.0. The Hall–Kier alpha value is -1.60. The lowest BCUT2D eigenvalue weighted by molar-refractivity contribution is -0.901. The van der Waals surface area contributed by atoms with Gasteiger partial charge in [0.05, 0.1) is 25.7 Å². The second kappa shape index (κ2) is 27.9. The van der Waals surface area contributed by atoms with Gasteiger partial charge in [0.15, 0.2) is 0 Å². The highest BCUT2D eigenvalue weighted by Gasteiger charge is 2.06. The molecule has 0 aromatic heterocycles. The monoisotopic (exact) mass is 569 g/mol. The van der Waals surface area contributed by atoms with Gasteiger partial charge in [-0.05, 0) is 69.2 Å². The van der Waals surface area contributed by atoms with Gasteiger partial charge in [0.2, 0.25) is 0 Å². The van der Waals surface area contributed by atoms with E-state index >= 15 is 0 Å². The van der Waals surface area contributed by atoms with Gasteiger partial charge in [-0.3, -0.25) is 0 Å². The fourth-order valence-electron chi connectivity index (χ4n) is 4.40. The number of aliphatic hydroxyl groups is 2. The Bertz CT molecular complexity index is 723. The standard InChI is InChI=1S/C23H47NO2.C9H9ClO3/c1-2-3-4-5-6-7-8-9-10-11-12-13-14-15-16-17-18-19-24(20-22-25)21-23-26;1-6-4-7(10)2-3-8(6)13-5-9(11)12/h10-11,25-26H,2-9,12-23H2,1H3;2-4H,5H2,1H3,(H,11,12)/b11-10-;. The number of halogens is 1. The highest BCUT2D eigenvalue weighted by molar-refractivity contribution is 6.30. The molecule has 0 saturated heterocycles. The topological polar surface area (TPSA) is 94.3 Å². The summed E-state index contributed by atoms with van der Waals surface area (Å²) in [7, 11) is 0. The van der Waals surface area contributed by atoms with E-state index in [1.807, 2.05) is 0 Å². The van der Waals surface area contributed by atoms with Crippen LogP contribution in [0.1, 0.15) is 109 Å². The van der Waals surface area contributed by atoms with Crippen LogP contribution in [-0.2, 0) is 4.79 Å². The van der Waals surface area contributed by atoms with E-state index in [0.717, 1.165) is 25.2 Å². The Morgan fingerprint density at radius 2 is 1.36 bits per heavy atom. The van der Waals surface area contributed by atoms with Gasteiger partial charge >= 0.3 is 0 Å². The quantitative estimate of drug-likeness (QED) is 0.119. The SMILES string of the molecule is CCCCCCCCC/C=C\CCCCCCCC[NH+](CCO)CCO.Cc1cc(Cl)ccc1OCC(=O)[O-]. The largest absolute Gasteiger partial charge is 0.546 e. The number of ether oxygens (including phenoxy) is 1. The summed E-state index contributed by atoms with van der Waals surface area (Å²) in [6, 6.07) is 4.96. The third-order valence-corrected chi connectivity index (χ3v) is 6.94. The number of hydrogen-bond donors (Lipinski definition) is 3. The van der Waals surface area contributed by atoms with Crippen molar-refractivity contribution in [1.82, 2.24) is 0 Å². The Morgan fingerprint density at radius 3 is 1.85 bits per heavy atom. The smallest absolute Gasteiger partial charge is 0.128 e. The first-order valence-corrected chi connectivity index (χ1v) is 15.6. The Balaban J connectivity index is 0.000000921. The lowest BCUT2D eigenvalue weighted by Gasteiger charge is -2.17. The molecule has 0 fully saturated rings. The summed E-state index contributed by atoms with van der Waals surface area (Å²) < 4.78 is 4.93. The van der Waals surface area contributed by atoms with E-state index in [1.54, 1.807) is 25.1 Å². The molecule has 0 atom stereocenters. The molecule has 1 aromatic carbocycles. The number of nitrogens with one attached hydrogen (secondary N) is 1. The van der Waals surface area contributed by atoms with Crippen molar-refractivity contribution in [3.05, 3.63) is 40.9 Å². The molecular formula is C32H56ClNO5. The first-order chi connectivity index (χ1) is 18.9. The molecule has 0 unspecified atom stereocenters. The zero-order chi connectivity index (χ0) is 29.0. The molecule has 1 rings (SSSR count). The number of rotatable bonds is 24. The number of unbranched alkanes of at least 4 members (excludes halogenated alkanes) is 13. The molecule has 3 N–H and O–H groups in total. The third kappa shape index (κ3) is 25.1. The van der Waals surface area contributed by atoms with E-state index in [9.17, 15) is 9.90 Å². The molecule has 1 aromatic rings. The number of hydrogen-bond acceptors (Lipinski definition) is 5. The van der Waals surface area contributed by atoms with Crippen LogP contribution in [0, 0.1) is 6.92 Å². The molecule has 0 aliphatic heterocycles. The normalized spacial score (nSPS) is 11.1. The minimum absolute atomic E-state index is 0.224. The maximum absolute atomic E-state index is 10.1. The van der Waals surface area contributed by atoms with E-state index in [1.165, 1.54) is 101 Å². The average molecular weight is 570 g/mol. The minimum Gasteiger partial charge on any atom is -0.546 e. The fourth-order valence-corrected chi connectivity index (χ4v) is 4.63. The molecule has 0 amide bonds. The number of aliphatic hydroxyl groups excluding tert-OH is 2. The predicted octanol–water partition coefficient (Wildman–Crippen LogP) is 5.06. The molecule has 0 saturated carbocycles. The maximum Gasteiger partial charge on any atom is 0.128 e. The van der Waals surface area contributed by atoms with Gasteiger partial charge in [-0.2, -0.15) is 0 Å². The zero-order valence-corrected chi connectivity index (χ0v) is 25.5.